The third kappa shape index (κ3) is 1.78. The zero-order chi connectivity index (χ0) is 10.9. The van der Waals surface area contributed by atoms with Crippen LogP contribution in [0, 0.1) is 0 Å². The van der Waals surface area contributed by atoms with E-state index < -0.39 is 11.8 Å². The first-order valence-electron chi connectivity index (χ1n) is 4.28. The maximum absolute atomic E-state index is 10.4. The maximum atomic E-state index is 10.4. The second kappa shape index (κ2) is 3.30. The van der Waals surface area contributed by atoms with Crippen molar-refractivity contribution in [2.24, 2.45) is 0 Å². The van der Waals surface area contributed by atoms with Crippen LogP contribution in [0.25, 0.3) is 0 Å². The Bertz CT molecular complexity index is 400. The van der Waals surface area contributed by atoms with Crippen molar-refractivity contribution in [2.75, 3.05) is 0 Å². The summed E-state index contributed by atoms with van der Waals surface area (Å²) in [6.07, 6.45) is 3.91. The van der Waals surface area contributed by atoms with Gasteiger partial charge in [-0.05, 0) is 0 Å². The van der Waals surface area contributed by atoms with Crippen LogP contribution in [-0.2, 0) is 26.5 Å². The second-order valence-electron chi connectivity index (χ2n) is 3.14. The van der Waals surface area contributed by atoms with Crippen LogP contribution in [0.1, 0.15) is 18.6 Å². The SMILES string of the molecule is CC1(c2cnc(CC(=O)O)o2)OC=CO1. The van der Waals surface area contributed by atoms with E-state index in [9.17, 15) is 4.79 Å². The molecule has 0 saturated carbocycles. The molecule has 2 rings (SSSR count). The summed E-state index contributed by atoms with van der Waals surface area (Å²) < 4.78 is 15.5. The Morgan fingerprint density at radius 3 is 2.80 bits per heavy atom. The third-order valence-corrected chi connectivity index (χ3v) is 1.95. The van der Waals surface area contributed by atoms with E-state index in [2.05, 4.69) is 4.98 Å². The molecule has 1 aliphatic heterocycles. The van der Waals surface area contributed by atoms with Gasteiger partial charge < -0.3 is 19.0 Å². The molecule has 80 valence electrons. The quantitative estimate of drug-likeness (QED) is 0.802. The second-order valence-corrected chi connectivity index (χ2v) is 3.14. The zero-order valence-corrected chi connectivity index (χ0v) is 7.97. The van der Waals surface area contributed by atoms with Gasteiger partial charge in [0.15, 0.2) is 0 Å². The minimum absolute atomic E-state index is 0.123. The lowest BCUT2D eigenvalue weighted by Crippen LogP contribution is -2.21. The van der Waals surface area contributed by atoms with E-state index in [0.717, 1.165) is 0 Å². The molecule has 1 aromatic rings. The van der Waals surface area contributed by atoms with E-state index >= 15 is 0 Å². The number of aromatic nitrogens is 1. The number of carbonyl (C=O) groups is 1. The maximum Gasteiger partial charge on any atom is 0.312 e. The average Bonchev–Trinajstić information content (AvgIpc) is 2.74. The van der Waals surface area contributed by atoms with Crippen LogP contribution in [0.3, 0.4) is 0 Å². The molecule has 0 fully saturated rings. The summed E-state index contributed by atoms with van der Waals surface area (Å²) in [6, 6.07) is 0. The molecule has 0 aliphatic carbocycles. The molecule has 0 atom stereocenters. The molecule has 0 unspecified atom stereocenters. The lowest BCUT2D eigenvalue weighted by atomic mass is 10.3. The van der Waals surface area contributed by atoms with Gasteiger partial charge in [0.25, 0.3) is 0 Å². The van der Waals surface area contributed by atoms with Gasteiger partial charge in [0.05, 0.1) is 6.20 Å². The van der Waals surface area contributed by atoms with Crippen molar-refractivity contribution in [3.63, 3.8) is 0 Å². The van der Waals surface area contributed by atoms with Crippen molar-refractivity contribution >= 4 is 5.97 Å². The summed E-state index contributed by atoms with van der Waals surface area (Å²) in [5, 5.41) is 8.53. The number of aliphatic carboxylic acids is 1. The lowest BCUT2D eigenvalue weighted by molar-refractivity contribution is -0.148. The molecule has 0 saturated heterocycles. The van der Waals surface area contributed by atoms with E-state index in [1.54, 1.807) is 6.92 Å². The summed E-state index contributed by atoms with van der Waals surface area (Å²) in [5.41, 5.74) is 0. The molecule has 2 heterocycles. The van der Waals surface area contributed by atoms with E-state index in [0.29, 0.717) is 5.76 Å². The summed E-state index contributed by atoms with van der Waals surface area (Å²) in [4.78, 5) is 14.2. The molecule has 0 bridgehead atoms. The first-order chi connectivity index (χ1) is 7.10. The highest BCUT2D eigenvalue weighted by molar-refractivity contribution is 5.68. The number of ether oxygens (including phenoxy) is 2. The molecular formula is C9H9NO5. The number of hydrogen-bond donors (Lipinski definition) is 1. The van der Waals surface area contributed by atoms with Gasteiger partial charge in [0.1, 0.15) is 18.9 Å². The Kier molecular flexibility index (Phi) is 2.11. The largest absolute Gasteiger partial charge is 0.481 e. The number of hydrogen-bond acceptors (Lipinski definition) is 5. The van der Waals surface area contributed by atoms with E-state index in [1.165, 1.54) is 18.7 Å². The van der Waals surface area contributed by atoms with E-state index in [-0.39, 0.29) is 12.3 Å². The van der Waals surface area contributed by atoms with Crippen molar-refractivity contribution in [3.05, 3.63) is 30.4 Å². The normalized spacial score (nSPS) is 17.1. The van der Waals surface area contributed by atoms with Crippen LogP contribution in [0.5, 0.6) is 0 Å². The Morgan fingerprint density at radius 1 is 1.53 bits per heavy atom. The number of carboxylic acid groups (broad SMARTS) is 1. The molecule has 6 heteroatoms. The van der Waals surface area contributed by atoms with E-state index in [1.807, 2.05) is 0 Å². The first-order valence-corrected chi connectivity index (χ1v) is 4.28. The van der Waals surface area contributed by atoms with E-state index in [4.69, 9.17) is 19.0 Å². The number of oxazole rings is 1. The van der Waals surface area contributed by atoms with Crippen LogP contribution in [0.4, 0.5) is 0 Å². The van der Waals surface area contributed by atoms with Crippen LogP contribution < -0.4 is 0 Å². The van der Waals surface area contributed by atoms with Crippen LogP contribution in [0.15, 0.2) is 23.1 Å². The van der Waals surface area contributed by atoms with Gasteiger partial charge in [0, 0.05) is 6.92 Å². The average molecular weight is 211 g/mol. The predicted molar refractivity (Wildman–Crippen MR) is 46.5 cm³/mol. The van der Waals surface area contributed by atoms with Crippen molar-refractivity contribution in [2.45, 2.75) is 19.1 Å². The van der Waals surface area contributed by atoms with Gasteiger partial charge in [-0.15, -0.1) is 0 Å². The minimum atomic E-state index is -1.04. The number of rotatable bonds is 3. The molecule has 0 aromatic carbocycles. The fraction of sp³-hybridized carbons (Fsp3) is 0.333. The highest BCUT2D eigenvalue weighted by atomic mass is 16.7. The van der Waals surface area contributed by atoms with Crippen LogP contribution in [-0.4, -0.2) is 16.1 Å². The highest BCUT2D eigenvalue weighted by Crippen LogP contribution is 2.31. The van der Waals surface area contributed by atoms with Gasteiger partial charge in [-0.25, -0.2) is 4.98 Å². The molecule has 1 aliphatic rings. The molecule has 0 radical (unpaired) electrons. The van der Waals surface area contributed by atoms with Crippen molar-refractivity contribution in [3.8, 4) is 0 Å². The first kappa shape index (κ1) is 9.57. The van der Waals surface area contributed by atoms with Gasteiger partial charge in [0.2, 0.25) is 11.7 Å². The van der Waals surface area contributed by atoms with Gasteiger partial charge in [-0.1, -0.05) is 0 Å². The molecule has 15 heavy (non-hydrogen) atoms. The Balaban J connectivity index is 2.16. The topological polar surface area (TPSA) is 81.8 Å². The number of nitrogens with zero attached hydrogens (tertiary/aromatic N) is 1. The third-order valence-electron chi connectivity index (χ3n) is 1.95. The Hall–Kier alpha value is -1.98. The molecule has 0 spiro atoms. The van der Waals surface area contributed by atoms with Crippen molar-refractivity contribution in [1.82, 2.24) is 4.98 Å². The highest BCUT2D eigenvalue weighted by Gasteiger charge is 2.36. The van der Waals surface area contributed by atoms with Crippen LogP contribution >= 0.6 is 0 Å². The molecule has 1 aromatic heterocycles. The molecule has 0 amide bonds. The minimum Gasteiger partial charge on any atom is -0.481 e. The predicted octanol–water partition coefficient (Wildman–Crippen LogP) is 0.992. The fourth-order valence-corrected chi connectivity index (χ4v) is 1.19. The standard InChI is InChI=1S/C9H9NO5/c1-9(13-2-3-14-9)6-5-10-7(15-6)4-8(11)12/h2-3,5H,4H2,1H3,(H,11,12). The summed E-state index contributed by atoms with van der Waals surface area (Å²) in [7, 11) is 0. The lowest BCUT2D eigenvalue weighted by Gasteiger charge is -2.19. The Morgan fingerprint density at radius 2 is 2.20 bits per heavy atom. The molecular weight excluding hydrogens is 202 g/mol. The van der Waals surface area contributed by atoms with Gasteiger partial charge in [-0.3, -0.25) is 4.79 Å². The summed E-state index contributed by atoms with van der Waals surface area (Å²) in [6.45, 7) is 1.65. The monoisotopic (exact) mass is 211 g/mol. The van der Waals surface area contributed by atoms with Crippen LogP contribution in [0.2, 0.25) is 0 Å². The smallest absolute Gasteiger partial charge is 0.312 e. The van der Waals surface area contributed by atoms with Gasteiger partial charge in [-0.2, -0.15) is 0 Å². The summed E-state index contributed by atoms with van der Waals surface area (Å²) in [5.74, 6) is -1.58. The summed E-state index contributed by atoms with van der Waals surface area (Å²) >= 11 is 0. The zero-order valence-electron chi connectivity index (χ0n) is 7.97. The fourth-order valence-electron chi connectivity index (χ4n) is 1.19. The van der Waals surface area contributed by atoms with Crippen molar-refractivity contribution < 1.29 is 23.8 Å². The Labute approximate surface area is 85.1 Å². The number of carboxylic acids is 1. The van der Waals surface area contributed by atoms with Crippen molar-refractivity contribution in [1.29, 1.82) is 0 Å². The van der Waals surface area contributed by atoms with Gasteiger partial charge >= 0.3 is 11.8 Å². The molecule has 6 nitrogen and oxygen atoms in total. The molecule has 1 N–H and O–H groups in total.